The molecule has 0 aliphatic carbocycles. The van der Waals surface area contributed by atoms with Gasteiger partial charge in [0.05, 0.1) is 14.1 Å². The van der Waals surface area contributed by atoms with E-state index in [9.17, 15) is 9.59 Å². The second kappa shape index (κ2) is 6.70. The zero-order chi connectivity index (χ0) is 15.3. The number of hydrogen-bond acceptors (Lipinski definition) is 4. The first-order chi connectivity index (χ1) is 8.43. The van der Waals surface area contributed by atoms with Crippen LogP contribution in [0.1, 0.15) is 27.7 Å². The van der Waals surface area contributed by atoms with Crippen LogP contribution in [0.4, 0.5) is 0 Å². The third-order valence-electron chi connectivity index (χ3n) is 2.26. The van der Waals surface area contributed by atoms with Gasteiger partial charge >= 0.3 is 11.9 Å². The van der Waals surface area contributed by atoms with E-state index in [0.29, 0.717) is 16.6 Å². The molecule has 0 heterocycles. The quantitative estimate of drug-likeness (QED) is 0.418. The first kappa shape index (κ1) is 17.6. The standard InChI is InChI=1S/C14H26NO4/c1-11(2)13(17)18-9-8-15(6,7)10-12(16)19-14(3,4)5/h1,8-10H2,2-7H3/q+1. The maximum absolute atomic E-state index is 11.7. The number of esters is 2. The highest BCUT2D eigenvalue weighted by atomic mass is 16.6. The van der Waals surface area contributed by atoms with Crippen LogP contribution >= 0.6 is 0 Å². The number of ether oxygens (including phenoxy) is 2. The van der Waals surface area contributed by atoms with Gasteiger partial charge in [-0.2, -0.15) is 0 Å². The fourth-order valence-corrected chi connectivity index (χ4v) is 1.31. The van der Waals surface area contributed by atoms with E-state index in [-0.39, 0.29) is 19.1 Å². The van der Waals surface area contributed by atoms with E-state index in [1.54, 1.807) is 6.92 Å². The molecule has 5 heteroatoms. The SMILES string of the molecule is C=C(C)C(=O)OCC[N+](C)(C)CC(=O)OC(C)(C)C. The van der Waals surface area contributed by atoms with Crippen molar-refractivity contribution in [3.8, 4) is 0 Å². The Morgan fingerprint density at radius 2 is 1.74 bits per heavy atom. The largest absolute Gasteiger partial charge is 0.456 e. The van der Waals surface area contributed by atoms with Crippen LogP contribution in [0.25, 0.3) is 0 Å². The molecule has 0 saturated carbocycles. The van der Waals surface area contributed by atoms with E-state index in [4.69, 9.17) is 9.47 Å². The molecule has 5 nitrogen and oxygen atoms in total. The van der Waals surface area contributed by atoms with Crippen molar-refractivity contribution in [3.05, 3.63) is 12.2 Å². The molecule has 0 radical (unpaired) electrons. The van der Waals surface area contributed by atoms with E-state index in [1.165, 1.54) is 0 Å². The fourth-order valence-electron chi connectivity index (χ4n) is 1.31. The lowest BCUT2D eigenvalue weighted by Gasteiger charge is -2.30. The number of carbonyl (C=O) groups is 2. The molecule has 0 amide bonds. The maximum Gasteiger partial charge on any atom is 0.362 e. The summed E-state index contributed by atoms with van der Waals surface area (Å²) >= 11 is 0. The van der Waals surface area contributed by atoms with Gasteiger partial charge in [-0.1, -0.05) is 6.58 Å². The van der Waals surface area contributed by atoms with Crippen molar-refractivity contribution in [3.63, 3.8) is 0 Å². The molecule has 0 aliphatic heterocycles. The van der Waals surface area contributed by atoms with Gasteiger partial charge < -0.3 is 14.0 Å². The van der Waals surface area contributed by atoms with E-state index in [0.717, 1.165) is 0 Å². The van der Waals surface area contributed by atoms with Crippen molar-refractivity contribution in [2.24, 2.45) is 0 Å². The van der Waals surface area contributed by atoms with Gasteiger partial charge in [0.15, 0.2) is 6.54 Å². The minimum absolute atomic E-state index is 0.238. The van der Waals surface area contributed by atoms with Crippen LogP contribution in [0.3, 0.4) is 0 Å². The van der Waals surface area contributed by atoms with Crippen molar-refractivity contribution >= 4 is 11.9 Å². The fraction of sp³-hybridized carbons (Fsp3) is 0.714. The van der Waals surface area contributed by atoms with Crippen molar-refractivity contribution in [2.45, 2.75) is 33.3 Å². The second-order valence-electron chi connectivity index (χ2n) is 6.32. The van der Waals surface area contributed by atoms with Crippen LogP contribution in [0.2, 0.25) is 0 Å². The molecule has 0 fully saturated rings. The van der Waals surface area contributed by atoms with Gasteiger partial charge in [-0.05, 0) is 27.7 Å². The van der Waals surface area contributed by atoms with Gasteiger partial charge in [0.25, 0.3) is 0 Å². The molecule has 0 unspecified atom stereocenters. The van der Waals surface area contributed by atoms with Crippen molar-refractivity contribution in [1.29, 1.82) is 0 Å². The summed E-state index contributed by atoms with van der Waals surface area (Å²) in [4.78, 5) is 22.9. The van der Waals surface area contributed by atoms with Gasteiger partial charge in [0.1, 0.15) is 18.8 Å². The van der Waals surface area contributed by atoms with E-state index in [2.05, 4.69) is 6.58 Å². The number of carbonyl (C=O) groups excluding carboxylic acids is 2. The normalized spacial score (nSPS) is 11.9. The molecule has 0 aliphatic rings. The number of nitrogens with zero attached hydrogens (tertiary/aromatic N) is 1. The molecular formula is C14H26NO4+. The lowest BCUT2D eigenvalue weighted by Crippen LogP contribution is -2.47. The zero-order valence-corrected chi connectivity index (χ0v) is 12.9. The third kappa shape index (κ3) is 9.25. The average molecular weight is 272 g/mol. The van der Waals surface area contributed by atoms with Crippen LogP contribution in [0.15, 0.2) is 12.2 Å². The highest BCUT2D eigenvalue weighted by molar-refractivity contribution is 5.86. The number of hydrogen-bond donors (Lipinski definition) is 0. The first-order valence-corrected chi connectivity index (χ1v) is 6.29. The smallest absolute Gasteiger partial charge is 0.362 e. The van der Waals surface area contributed by atoms with Crippen molar-refractivity contribution in [2.75, 3.05) is 33.8 Å². The molecule has 0 atom stereocenters. The molecule has 0 bridgehead atoms. The zero-order valence-electron chi connectivity index (χ0n) is 12.9. The Morgan fingerprint density at radius 1 is 1.21 bits per heavy atom. The predicted octanol–water partition coefficient (Wildman–Crippen LogP) is 1.52. The Hall–Kier alpha value is -1.36. The van der Waals surface area contributed by atoms with Crippen LogP contribution in [0.5, 0.6) is 0 Å². The maximum atomic E-state index is 11.7. The van der Waals surface area contributed by atoms with Crippen molar-refractivity contribution < 1.29 is 23.5 Å². The summed E-state index contributed by atoms with van der Waals surface area (Å²) in [5, 5.41) is 0. The predicted molar refractivity (Wildman–Crippen MR) is 73.5 cm³/mol. The Kier molecular flexibility index (Phi) is 6.22. The minimum Gasteiger partial charge on any atom is -0.456 e. The number of rotatable bonds is 6. The van der Waals surface area contributed by atoms with E-state index >= 15 is 0 Å². The summed E-state index contributed by atoms with van der Waals surface area (Å²) in [6.45, 7) is 11.6. The molecule has 0 aromatic rings. The Morgan fingerprint density at radius 3 is 2.16 bits per heavy atom. The molecule has 0 saturated heterocycles. The lowest BCUT2D eigenvalue weighted by atomic mass is 10.2. The molecule has 0 aromatic carbocycles. The summed E-state index contributed by atoms with van der Waals surface area (Å²) in [6.07, 6.45) is 0. The molecule has 110 valence electrons. The van der Waals surface area contributed by atoms with E-state index < -0.39 is 11.6 Å². The van der Waals surface area contributed by atoms with Gasteiger partial charge in [-0.15, -0.1) is 0 Å². The first-order valence-electron chi connectivity index (χ1n) is 6.29. The Balaban J connectivity index is 4.15. The van der Waals surface area contributed by atoms with Crippen LogP contribution in [0, 0.1) is 0 Å². The van der Waals surface area contributed by atoms with E-state index in [1.807, 2.05) is 34.9 Å². The van der Waals surface area contributed by atoms with Gasteiger partial charge in [0.2, 0.25) is 0 Å². The molecular weight excluding hydrogens is 246 g/mol. The summed E-state index contributed by atoms with van der Waals surface area (Å²) in [7, 11) is 3.77. The summed E-state index contributed by atoms with van der Waals surface area (Å²) in [5.41, 5.74) is -0.110. The molecule has 0 N–H and O–H groups in total. The summed E-state index contributed by atoms with van der Waals surface area (Å²) in [5.74, 6) is -0.666. The highest BCUT2D eigenvalue weighted by Crippen LogP contribution is 2.09. The highest BCUT2D eigenvalue weighted by Gasteiger charge is 2.25. The summed E-state index contributed by atoms with van der Waals surface area (Å²) in [6, 6.07) is 0. The molecule has 0 rings (SSSR count). The Labute approximate surface area is 115 Å². The molecule has 0 spiro atoms. The lowest BCUT2D eigenvalue weighted by molar-refractivity contribution is -0.883. The van der Waals surface area contributed by atoms with Gasteiger partial charge in [0, 0.05) is 5.57 Å². The topological polar surface area (TPSA) is 52.6 Å². The van der Waals surface area contributed by atoms with Crippen LogP contribution < -0.4 is 0 Å². The molecule has 0 aromatic heterocycles. The van der Waals surface area contributed by atoms with Gasteiger partial charge in [-0.3, -0.25) is 0 Å². The van der Waals surface area contributed by atoms with Crippen molar-refractivity contribution in [1.82, 2.24) is 0 Å². The second-order valence-corrected chi connectivity index (χ2v) is 6.32. The van der Waals surface area contributed by atoms with Gasteiger partial charge in [-0.25, -0.2) is 9.59 Å². The molecule has 19 heavy (non-hydrogen) atoms. The number of likely N-dealkylation sites (N-methyl/N-ethyl adjacent to an activating group) is 1. The summed E-state index contributed by atoms with van der Waals surface area (Å²) < 4.78 is 10.7. The Bertz CT molecular complexity index is 353. The number of quaternary nitrogens is 1. The monoisotopic (exact) mass is 272 g/mol. The average Bonchev–Trinajstić information content (AvgIpc) is 2.12. The van der Waals surface area contributed by atoms with Crippen LogP contribution in [-0.2, 0) is 19.1 Å². The van der Waals surface area contributed by atoms with Crippen LogP contribution in [-0.4, -0.2) is 55.8 Å². The minimum atomic E-state index is -0.483. The third-order valence-corrected chi connectivity index (χ3v) is 2.26.